The summed E-state index contributed by atoms with van der Waals surface area (Å²) in [4.78, 5) is 13.6. The molecule has 0 unspecified atom stereocenters. The monoisotopic (exact) mass is 201 g/mol. The maximum atomic E-state index is 10.3. The molecule has 2 rings (SSSR count). The molecule has 15 heavy (non-hydrogen) atoms. The van der Waals surface area contributed by atoms with E-state index in [9.17, 15) is 4.79 Å². The van der Waals surface area contributed by atoms with Gasteiger partial charge in [0.1, 0.15) is 0 Å². The zero-order valence-corrected chi connectivity index (χ0v) is 8.32. The van der Waals surface area contributed by atoms with Crippen molar-refractivity contribution in [2.24, 2.45) is 0 Å². The summed E-state index contributed by atoms with van der Waals surface area (Å²) < 4.78 is 0. The molecule has 0 saturated heterocycles. The first-order valence-corrected chi connectivity index (χ1v) is 4.65. The zero-order chi connectivity index (χ0) is 10.8. The lowest BCUT2D eigenvalue weighted by molar-refractivity contribution is -0.131. The lowest BCUT2D eigenvalue weighted by atomic mass is 10.1. The topological polar surface area (TPSA) is 53.1 Å². The highest BCUT2D eigenvalue weighted by atomic mass is 16.4. The standard InChI is InChI=1S/C12H11NO2/c1-8-6-10-4-2-9(3-5-12(14)15)7-11(10)13-8/h2-7,13H,1H3,(H,14,15)/b5-3+. The molecule has 1 heterocycles. The van der Waals surface area contributed by atoms with Gasteiger partial charge in [-0.25, -0.2) is 4.79 Å². The fraction of sp³-hybridized carbons (Fsp3) is 0.0833. The van der Waals surface area contributed by atoms with Crippen LogP contribution in [0.25, 0.3) is 17.0 Å². The Morgan fingerprint density at radius 2 is 2.20 bits per heavy atom. The van der Waals surface area contributed by atoms with Gasteiger partial charge in [-0.1, -0.05) is 12.1 Å². The van der Waals surface area contributed by atoms with Crippen LogP contribution >= 0.6 is 0 Å². The maximum Gasteiger partial charge on any atom is 0.328 e. The van der Waals surface area contributed by atoms with Gasteiger partial charge in [0.05, 0.1) is 0 Å². The second-order valence-corrected chi connectivity index (χ2v) is 3.47. The fourth-order valence-corrected chi connectivity index (χ4v) is 1.56. The van der Waals surface area contributed by atoms with E-state index in [0.29, 0.717) is 0 Å². The lowest BCUT2D eigenvalue weighted by Crippen LogP contribution is -1.85. The van der Waals surface area contributed by atoms with E-state index in [1.165, 1.54) is 0 Å². The zero-order valence-electron chi connectivity index (χ0n) is 8.32. The molecule has 3 heteroatoms. The molecule has 76 valence electrons. The van der Waals surface area contributed by atoms with Crippen LogP contribution in [0.2, 0.25) is 0 Å². The molecule has 1 aromatic heterocycles. The van der Waals surface area contributed by atoms with Crippen molar-refractivity contribution in [3.8, 4) is 0 Å². The van der Waals surface area contributed by atoms with Crippen molar-refractivity contribution < 1.29 is 9.90 Å². The SMILES string of the molecule is Cc1cc2ccc(/C=C/C(=O)O)cc2[nH]1. The van der Waals surface area contributed by atoms with Crippen LogP contribution in [0.4, 0.5) is 0 Å². The van der Waals surface area contributed by atoms with Crippen LogP contribution in [0.15, 0.2) is 30.3 Å². The number of hydrogen-bond donors (Lipinski definition) is 2. The molecule has 0 amide bonds. The number of aliphatic carboxylic acids is 1. The quantitative estimate of drug-likeness (QED) is 0.734. The number of fused-ring (bicyclic) bond motifs is 1. The highest BCUT2D eigenvalue weighted by Gasteiger charge is 1.97. The van der Waals surface area contributed by atoms with Gasteiger partial charge in [-0.15, -0.1) is 0 Å². The first-order valence-electron chi connectivity index (χ1n) is 4.65. The molecule has 0 aliphatic carbocycles. The minimum atomic E-state index is -0.933. The first-order chi connectivity index (χ1) is 7.15. The van der Waals surface area contributed by atoms with E-state index in [-0.39, 0.29) is 0 Å². The normalized spacial score (nSPS) is 11.3. The van der Waals surface area contributed by atoms with Crippen LogP contribution in [0.1, 0.15) is 11.3 Å². The van der Waals surface area contributed by atoms with E-state index in [0.717, 1.165) is 28.2 Å². The average Bonchev–Trinajstić information content (AvgIpc) is 2.53. The summed E-state index contributed by atoms with van der Waals surface area (Å²) in [6.45, 7) is 1.99. The number of hydrogen-bond acceptors (Lipinski definition) is 1. The molecule has 2 N–H and O–H groups in total. The third-order valence-corrected chi connectivity index (χ3v) is 2.20. The Balaban J connectivity index is 2.42. The number of aryl methyl sites for hydroxylation is 1. The molecule has 1 aromatic carbocycles. The van der Waals surface area contributed by atoms with Crippen LogP contribution in [0.3, 0.4) is 0 Å². The highest BCUT2D eigenvalue weighted by Crippen LogP contribution is 2.17. The lowest BCUT2D eigenvalue weighted by Gasteiger charge is -1.93. The third-order valence-electron chi connectivity index (χ3n) is 2.20. The summed E-state index contributed by atoms with van der Waals surface area (Å²) in [5.41, 5.74) is 3.01. The number of carboxylic acids is 1. The average molecular weight is 201 g/mol. The summed E-state index contributed by atoms with van der Waals surface area (Å²) in [6.07, 6.45) is 2.72. The molecule has 0 saturated carbocycles. The number of aromatic nitrogens is 1. The second-order valence-electron chi connectivity index (χ2n) is 3.47. The molecular formula is C12H11NO2. The van der Waals surface area contributed by atoms with Crippen molar-refractivity contribution in [2.45, 2.75) is 6.92 Å². The van der Waals surface area contributed by atoms with Crippen molar-refractivity contribution in [3.63, 3.8) is 0 Å². The number of nitrogens with one attached hydrogen (secondary N) is 1. The van der Waals surface area contributed by atoms with Gasteiger partial charge in [0.2, 0.25) is 0 Å². The van der Waals surface area contributed by atoms with Crippen LogP contribution < -0.4 is 0 Å². The van der Waals surface area contributed by atoms with Crippen LogP contribution in [-0.4, -0.2) is 16.1 Å². The van der Waals surface area contributed by atoms with E-state index in [1.54, 1.807) is 6.08 Å². The van der Waals surface area contributed by atoms with Gasteiger partial charge in [0, 0.05) is 17.3 Å². The molecule has 0 aliphatic rings. The van der Waals surface area contributed by atoms with Gasteiger partial charge in [-0.05, 0) is 36.1 Å². The predicted molar refractivity (Wildman–Crippen MR) is 59.7 cm³/mol. The van der Waals surface area contributed by atoms with Crippen molar-refractivity contribution in [1.29, 1.82) is 0 Å². The number of rotatable bonds is 2. The summed E-state index contributed by atoms with van der Waals surface area (Å²) in [6, 6.07) is 7.86. The molecule has 2 aromatic rings. The minimum absolute atomic E-state index is 0.881. The molecule has 0 aliphatic heterocycles. The van der Waals surface area contributed by atoms with E-state index in [1.807, 2.05) is 25.1 Å². The predicted octanol–water partition coefficient (Wildman–Crippen LogP) is 2.57. The summed E-state index contributed by atoms with van der Waals surface area (Å²) in [7, 11) is 0. The maximum absolute atomic E-state index is 10.3. The van der Waals surface area contributed by atoms with E-state index < -0.39 is 5.97 Å². The summed E-state index contributed by atoms with van der Waals surface area (Å²) in [5, 5.41) is 9.64. The van der Waals surface area contributed by atoms with Crippen molar-refractivity contribution >= 4 is 22.9 Å². The number of carboxylic acid groups (broad SMARTS) is 1. The molecular weight excluding hydrogens is 190 g/mol. The van der Waals surface area contributed by atoms with Gasteiger partial charge < -0.3 is 10.1 Å². The Bertz CT molecular complexity index is 538. The number of aromatic amines is 1. The van der Waals surface area contributed by atoms with E-state index in [4.69, 9.17) is 5.11 Å². The second kappa shape index (κ2) is 3.61. The van der Waals surface area contributed by atoms with Crippen molar-refractivity contribution in [3.05, 3.63) is 41.6 Å². The molecule has 0 atom stereocenters. The molecule has 0 spiro atoms. The Morgan fingerprint density at radius 3 is 2.93 bits per heavy atom. The van der Waals surface area contributed by atoms with Crippen molar-refractivity contribution in [1.82, 2.24) is 4.98 Å². The Hall–Kier alpha value is -2.03. The van der Waals surface area contributed by atoms with Crippen LogP contribution in [0.5, 0.6) is 0 Å². The largest absolute Gasteiger partial charge is 0.478 e. The Morgan fingerprint density at radius 1 is 1.40 bits per heavy atom. The Labute approximate surface area is 87.0 Å². The number of benzene rings is 1. The van der Waals surface area contributed by atoms with Crippen molar-refractivity contribution in [2.75, 3.05) is 0 Å². The van der Waals surface area contributed by atoms with Gasteiger partial charge in [0.25, 0.3) is 0 Å². The van der Waals surface area contributed by atoms with Crippen LogP contribution in [0, 0.1) is 6.92 Å². The van der Waals surface area contributed by atoms with E-state index >= 15 is 0 Å². The summed E-state index contributed by atoms with van der Waals surface area (Å²) in [5.74, 6) is -0.933. The van der Waals surface area contributed by atoms with Gasteiger partial charge >= 0.3 is 5.97 Å². The van der Waals surface area contributed by atoms with Gasteiger partial charge in [-0.3, -0.25) is 0 Å². The van der Waals surface area contributed by atoms with E-state index in [2.05, 4.69) is 11.1 Å². The molecule has 0 bridgehead atoms. The highest BCUT2D eigenvalue weighted by molar-refractivity contribution is 5.87. The fourth-order valence-electron chi connectivity index (χ4n) is 1.56. The smallest absolute Gasteiger partial charge is 0.328 e. The number of carbonyl (C=O) groups is 1. The first kappa shape index (κ1) is 9.52. The van der Waals surface area contributed by atoms with Crippen LogP contribution in [-0.2, 0) is 4.79 Å². The molecule has 0 radical (unpaired) electrons. The molecule has 3 nitrogen and oxygen atoms in total. The Kier molecular flexibility index (Phi) is 2.29. The number of H-pyrrole nitrogens is 1. The van der Waals surface area contributed by atoms with Gasteiger partial charge in [0.15, 0.2) is 0 Å². The molecule has 0 fully saturated rings. The summed E-state index contributed by atoms with van der Waals surface area (Å²) >= 11 is 0. The third kappa shape index (κ3) is 2.07. The van der Waals surface area contributed by atoms with Gasteiger partial charge in [-0.2, -0.15) is 0 Å². The minimum Gasteiger partial charge on any atom is -0.478 e.